The maximum atomic E-state index is 12.6. The van der Waals surface area contributed by atoms with E-state index in [-0.39, 0.29) is 23.6 Å². The summed E-state index contributed by atoms with van der Waals surface area (Å²) in [5.74, 6) is 0.220. The van der Waals surface area contributed by atoms with Crippen LogP contribution in [-0.4, -0.2) is 21.5 Å². The summed E-state index contributed by atoms with van der Waals surface area (Å²) >= 11 is 0. The van der Waals surface area contributed by atoms with Gasteiger partial charge in [-0.15, -0.1) is 0 Å². The number of esters is 1. The third-order valence-corrected chi connectivity index (χ3v) is 6.19. The molecular formula is C23H19NO8S. The molecule has 0 spiro atoms. The van der Waals surface area contributed by atoms with Crippen LogP contribution in [0.2, 0.25) is 0 Å². The number of carbonyl (C=O) groups excluding carboxylic acids is 1. The van der Waals surface area contributed by atoms with E-state index in [1.54, 1.807) is 30.3 Å². The molecule has 0 saturated carbocycles. The van der Waals surface area contributed by atoms with Crippen LogP contribution in [0, 0.1) is 0 Å². The summed E-state index contributed by atoms with van der Waals surface area (Å²) < 4.78 is 48.3. The number of rotatable bonds is 8. The molecule has 2 heterocycles. The minimum absolute atomic E-state index is 0.0293. The van der Waals surface area contributed by atoms with E-state index in [9.17, 15) is 18.0 Å². The minimum atomic E-state index is -3.88. The zero-order valence-electron chi connectivity index (χ0n) is 17.4. The van der Waals surface area contributed by atoms with E-state index in [1.165, 1.54) is 43.7 Å². The standard InChI is InChI=1S/C23H19NO8S/c1-29-17-7-8-20-16(11-22(25)32-21(20)12-17)14-31-23(26)15-4-2-6-19(10-15)33(27,28)24-13-18-5-3-9-30-18/h2-12,24H,13-14H2,1H3. The number of ether oxygens (including phenoxy) is 2. The average Bonchev–Trinajstić information content (AvgIpc) is 3.34. The molecule has 33 heavy (non-hydrogen) atoms. The van der Waals surface area contributed by atoms with Gasteiger partial charge in [-0.2, -0.15) is 0 Å². The summed E-state index contributed by atoms with van der Waals surface area (Å²) in [5.41, 5.74) is 0.187. The zero-order chi connectivity index (χ0) is 23.4. The highest BCUT2D eigenvalue weighted by molar-refractivity contribution is 7.89. The first kappa shape index (κ1) is 22.3. The lowest BCUT2D eigenvalue weighted by molar-refractivity contribution is 0.0473. The van der Waals surface area contributed by atoms with E-state index in [2.05, 4.69) is 4.72 Å². The molecule has 0 atom stereocenters. The fraction of sp³-hybridized carbons (Fsp3) is 0.130. The predicted octanol–water partition coefficient (Wildman–Crippen LogP) is 3.23. The van der Waals surface area contributed by atoms with Crippen molar-refractivity contribution in [1.82, 2.24) is 4.72 Å². The minimum Gasteiger partial charge on any atom is -0.497 e. The Labute approximate surface area is 188 Å². The summed E-state index contributed by atoms with van der Waals surface area (Å²) in [6.07, 6.45) is 1.44. The lowest BCUT2D eigenvalue weighted by atomic mass is 10.1. The summed E-state index contributed by atoms with van der Waals surface area (Å²) in [6.45, 7) is -0.237. The van der Waals surface area contributed by atoms with Crippen LogP contribution in [-0.2, 0) is 27.9 Å². The number of sulfonamides is 1. The molecule has 170 valence electrons. The smallest absolute Gasteiger partial charge is 0.338 e. The molecule has 4 rings (SSSR count). The Bertz CT molecular complexity index is 1460. The first-order chi connectivity index (χ1) is 15.9. The largest absolute Gasteiger partial charge is 0.497 e. The van der Waals surface area contributed by atoms with Crippen molar-refractivity contribution >= 4 is 27.0 Å². The Morgan fingerprint density at radius 2 is 1.91 bits per heavy atom. The molecule has 0 amide bonds. The van der Waals surface area contributed by atoms with Crippen LogP contribution in [0.4, 0.5) is 0 Å². The van der Waals surface area contributed by atoms with Crippen molar-refractivity contribution in [3.05, 3.63) is 94.2 Å². The molecule has 9 nitrogen and oxygen atoms in total. The van der Waals surface area contributed by atoms with Crippen molar-refractivity contribution in [2.45, 2.75) is 18.0 Å². The van der Waals surface area contributed by atoms with Gasteiger partial charge < -0.3 is 18.3 Å². The number of hydrogen-bond acceptors (Lipinski definition) is 8. The van der Waals surface area contributed by atoms with Crippen LogP contribution in [0.15, 0.2) is 85.5 Å². The fourth-order valence-electron chi connectivity index (χ4n) is 3.14. The van der Waals surface area contributed by atoms with Gasteiger partial charge in [-0.1, -0.05) is 6.07 Å². The van der Waals surface area contributed by atoms with Gasteiger partial charge in [0.2, 0.25) is 10.0 Å². The number of carbonyl (C=O) groups is 1. The Balaban J connectivity index is 1.50. The lowest BCUT2D eigenvalue weighted by Crippen LogP contribution is -2.23. The molecule has 2 aromatic heterocycles. The van der Waals surface area contributed by atoms with E-state index in [1.807, 2.05) is 0 Å². The number of furan rings is 1. The fourth-order valence-corrected chi connectivity index (χ4v) is 4.17. The van der Waals surface area contributed by atoms with Crippen LogP contribution in [0.25, 0.3) is 11.0 Å². The van der Waals surface area contributed by atoms with Crippen LogP contribution in [0.5, 0.6) is 5.75 Å². The number of fused-ring (bicyclic) bond motifs is 1. The van der Waals surface area contributed by atoms with Crippen molar-refractivity contribution < 1.29 is 31.5 Å². The Morgan fingerprint density at radius 3 is 2.67 bits per heavy atom. The second kappa shape index (κ2) is 9.31. The van der Waals surface area contributed by atoms with E-state index in [4.69, 9.17) is 18.3 Å². The molecule has 0 bridgehead atoms. The van der Waals surface area contributed by atoms with Gasteiger partial charge in [0.1, 0.15) is 23.7 Å². The molecule has 0 aliphatic rings. The molecule has 0 fully saturated rings. The topological polar surface area (TPSA) is 125 Å². The van der Waals surface area contributed by atoms with Crippen molar-refractivity contribution in [2.75, 3.05) is 7.11 Å². The number of nitrogens with one attached hydrogen (secondary N) is 1. The van der Waals surface area contributed by atoms with E-state index in [0.29, 0.717) is 28.0 Å². The maximum Gasteiger partial charge on any atom is 0.338 e. The van der Waals surface area contributed by atoms with E-state index in [0.717, 1.165) is 0 Å². The highest BCUT2D eigenvalue weighted by atomic mass is 32.2. The summed E-state index contributed by atoms with van der Waals surface area (Å²) in [7, 11) is -2.39. The molecule has 0 radical (unpaired) electrons. The highest BCUT2D eigenvalue weighted by Gasteiger charge is 2.18. The van der Waals surface area contributed by atoms with Crippen molar-refractivity contribution in [3.8, 4) is 5.75 Å². The van der Waals surface area contributed by atoms with Crippen LogP contribution in [0.1, 0.15) is 21.7 Å². The monoisotopic (exact) mass is 469 g/mol. The Kier molecular flexibility index (Phi) is 6.29. The van der Waals surface area contributed by atoms with Crippen LogP contribution < -0.4 is 15.1 Å². The normalized spacial score (nSPS) is 11.4. The number of hydrogen-bond donors (Lipinski definition) is 1. The molecule has 0 aliphatic carbocycles. The van der Waals surface area contributed by atoms with Crippen molar-refractivity contribution in [2.24, 2.45) is 0 Å². The SMILES string of the molecule is COc1ccc2c(COC(=O)c3cccc(S(=O)(=O)NCc4ccco4)c3)cc(=O)oc2c1. The number of benzene rings is 2. The molecule has 4 aromatic rings. The molecular weight excluding hydrogens is 450 g/mol. The van der Waals surface area contributed by atoms with Gasteiger partial charge in [-0.3, -0.25) is 0 Å². The molecule has 0 aliphatic heterocycles. The summed E-state index contributed by atoms with van der Waals surface area (Å²) in [4.78, 5) is 24.4. The lowest BCUT2D eigenvalue weighted by Gasteiger charge is -2.10. The third-order valence-electron chi connectivity index (χ3n) is 4.79. The van der Waals surface area contributed by atoms with Gasteiger partial charge in [0.05, 0.1) is 30.4 Å². The maximum absolute atomic E-state index is 12.6. The average molecular weight is 469 g/mol. The van der Waals surface area contributed by atoms with Crippen molar-refractivity contribution in [3.63, 3.8) is 0 Å². The molecule has 0 saturated heterocycles. The second-order valence-electron chi connectivity index (χ2n) is 6.96. The van der Waals surface area contributed by atoms with E-state index < -0.39 is 21.6 Å². The van der Waals surface area contributed by atoms with Gasteiger partial charge in [0.25, 0.3) is 0 Å². The van der Waals surface area contributed by atoms with Crippen LogP contribution in [0.3, 0.4) is 0 Å². The molecule has 10 heteroatoms. The summed E-state index contributed by atoms with van der Waals surface area (Å²) in [5, 5.41) is 0.585. The third kappa shape index (κ3) is 5.13. The number of methoxy groups -OCH3 is 1. The van der Waals surface area contributed by atoms with Gasteiger partial charge in [0, 0.05) is 23.1 Å². The van der Waals surface area contributed by atoms with Gasteiger partial charge >= 0.3 is 11.6 Å². The van der Waals surface area contributed by atoms with Gasteiger partial charge in [-0.05, 0) is 42.5 Å². The van der Waals surface area contributed by atoms with E-state index >= 15 is 0 Å². The molecule has 0 unspecified atom stereocenters. The highest BCUT2D eigenvalue weighted by Crippen LogP contribution is 2.23. The van der Waals surface area contributed by atoms with Gasteiger partial charge in [0.15, 0.2) is 0 Å². The summed E-state index contributed by atoms with van der Waals surface area (Å²) in [6, 6.07) is 14.9. The quantitative estimate of drug-likeness (QED) is 0.308. The first-order valence-corrected chi connectivity index (χ1v) is 11.2. The zero-order valence-corrected chi connectivity index (χ0v) is 18.3. The predicted molar refractivity (Wildman–Crippen MR) is 117 cm³/mol. The second-order valence-corrected chi connectivity index (χ2v) is 8.73. The Morgan fingerprint density at radius 1 is 1.06 bits per heavy atom. The Hall–Kier alpha value is -3.89. The van der Waals surface area contributed by atoms with Gasteiger partial charge in [-0.25, -0.2) is 22.7 Å². The first-order valence-electron chi connectivity index (χ1n) is 9.76. The molecule has 2 aromatic carbocycles. The molecule has 1 N–H and O–H groups in total. The van der Waals surface area contributed by atoms with Crippen molar-refractivity contribution in [1.29, 1.82) is 0 Å². The van der Waals surface area contributed by atoms with Crippen LogP contribution >= 0.6 is 0 Å².